The maximum absolute atomic E-state index is 15.2. The number of esters is 1. The molecule has 8 amide bonds. The fourth-order valence-corrected chi connectivity index (χ4v) is 11.8. The predicted octanol–water partition coefficient (Wildman–Crippen LogP) is 5.10. The number of hydrogen-bond acceptors (Lipinski definition) is 15. The molecule has 1 rings (SSSR count). The van der Waals surface area contributed by atoms with Crippen LogP contribution >= 0.6 is 0 Å². The van der Waals surface area contributed by atoms with Crippen molar-refractivity contribution in [1.82, 2.24) is 40.0 Å². The van der Waals surface area contributed by atoms with Gasteiger partial charge in [0.2, 0.25) is 47.3 Å². The van der Waals surface area contributed by atoms with Crippen molar-refractivity contribution >= 4 is 70.6 Å². The van der Waals surface area contributed by atoms with E-state index in [4.69, 9.17) is 4.74 Å². The number of Topliss-reactive ketones (excluding diaryl/α,β-unsaturated/α-hetero) is 3. The number of carbonyl (C=O) groups excluding carboxylic acids is 12. The first-order valence-corrected chi connectivity index (χ1v) is 32.4. The molecule has 0 bridgehead atoms. The van der Waals surface area contributed by atoms with E-state index in [-0.39, 0.29) is 81.6 Å². The number of nitrogens with zero attached hydrogens (tertiary/aromatic N) is 6. The van der Waals surface area contributed by atoms with Crippen molar-refractivity contribution in [3.8, 4) is 0 Å². The zero-order valence-electron chi connectivity index (χ0n) is 58.8. The van der Waals surface area contributed by atoms with Gasteiger partial charge in [-0.3, -0.25) is 57.5 Å². The van der Waals surface area contributed by atoms with E-state index >= 15 is 9.59 Å². The molecule has 514 valence electrons. The Balaban J connectivity index is 4.41. The minimum Gasteiger partial charge on any atom is -0.466 e. The van der Waals surface area contributed by atoms with E-state index in [1.54, 1.807) is 46.8 Å². The van der Waals surface area contributed by atoms with Crippen LogP contribution in [0.1, 0.15) is 175 Å². The Morgan fingerprint density at radius 2 is 1.06 bits per heavy atom. The third kappa shape index (κ3) is 24.8. The molecule has 0 aliphatic carbocycles. The van der Waals surface area contributed by atoms with Gasteiger partial charge in [-0.2, -0.15) is 0 Å². The lowest BCUT2D eigenvalue weighted by atomic mass is 9.85. The van der Waals surface area contributed by atoms with Gasteiger partial charge in [-0.1, -0.05) is 102 Å². The number of nitrogens with one attached hydrogen (secondary N) is 2. The zero-order chi connectivity index (χ0) is 69.7. The largest absolute Gasteiger partial charge is 0.466 e. The molecule has 1 aliphatic heterocycles. The highest BCUT2D eigenvalue weighted by Crippen LogP contribution is 2.29. The van der Waals surface area contributed by atoms with Gasteiger partial charge >= 0.3 is 5.97 Å². The smallest absolute Gasteiger partial charge is 0.302 e. The summed E-state index contributed by atoms with van der Waals surface area (Å²) in [5.41, 5.74) is 0. The summed E-state index contributed by atoms with van der Waals surface area (Å²) in [5.74, 6) is -13.7. The normalized spacial score (nSPS) is 26.8. The van der Waals surface area contributed by atoms with Gasteiger partial charge < -0.3 is 55.0 Å². The van der Waals surface area contributed by atoms with Gasteiger partial charge in [-0.15, -0.1) is 0 Å². The molecule has 1 saturated heterocycles. The molecule has 0 aromatic rings. The molecule has 0 aromatic carbocycles. The van der Waals surface area contributed by atoms with Gasteiger partial charge in [0.15, 0.2) is 17.3 Å². The van der Waals surface area contributed by atoms with E-state index in [9.17, 15) is 58.2 Å². The summed E-state index contributed by atoms with van der Waals surface area (Å²) in [6, 6.07) is -8.98. The van der Waals surface area contributed by atoms with Crippen molar-refractivity contribution in [2.75, 3.05) is 55.4 Å². The van der Waals surface area contributed by atoms with Crippen molar-refractivity contribution in [3.05, 3.63) is 12.2 Å². The second kappa shape index (κ2) is 38.0. The highest BCUT2D eigenvalue weighted by Gasteiger charge is 2.45. The molecular weight excluding hydrogens is 1160 g/mol. The number of likely N-dealkylation sites (N-methyl/N-ethyl adjacent to an activating group) is 6. The number of aliphatic hydroxyl groups is 2. The number of aliphatic hydroxyl groups excluding tert-OH is 2. The topological polar surface area (TPSA) is 298 Å². The van der Waals surface area contributed by atoms with Crippen LogP contribution in [-0.2, 0) is 62.3 Å². The third-order valence-corrected chi connectivity index (χ3v) is 17.1. The van der Waals surface area contributed by atoms with E-state index in [0.29, 0.717) is 0 Å². The molecule has 0 saturated carbocycles. The van der Waals surface area contributed by atoms with Crippen molar-refractivity contribution in [1.29, 1.82) is 0 Å². The molecule has 0 unspecified atom stereocenters. The van der Waals surface area contributed by atoms with Crippen LogP contribution in [0.4, 0.5) is 0 Å². The van der Waals surface area contributed by atoms with Crippen LogP contribution in [0.3, 0.4) is 0 Å². The molecule has 14 atom stereocenters. The minimum absolute atomic E-state index is 0.0464. The molecule has 0 aromatic heterocycles. The van der Waals surface area contributed by atoms with Crippen molar-refractivity contribution < 1.29 is 72.5 Å². The Bertz CT molecular complexity index is 2480. The monoisotopic (exact) mass is 1270 g/mol. The van der Waals surface area contributed by atoms with E-state index in [1.807, 2.05) is 55.4 Å². The Kier molecular flexibility index (Phi) is 34.6. The highest BCUT2D eigenvalue weighted by atomic mass is 16.5. The third-order valence-electron chi connectivity index (χ3n) is 17.1. The summed E-state index contributed by atoms with van der Waals surface area (Å²) in [6.07, 6.45) is 0.0241. The number of hydrogen-bond donors (Lipinski definition) is 4. The summed E-state index contributed by atoms with van der Waals surface area (Å²) in [6.45, 7) is 28.2. The zero-order valence-corrected chi connectivity index (χ0v) is 58.8. The van der Waals surface area contributed by atoms with Gasteiger partial charge in [0.25, 0.3) is 0 Å². The number of amides is 8. The predicted molar refractivity (Wildman–Crippen MR) is 344 cm³/mol. The first-order valence-electron chi connectivity index (χ1n) is 32.4. The van der Waals surface area contributed by atoms with Crippen LogP contribution in [0.15, 0.2) is 12.2 Å². The number of carbonyl (C=O) groups is 12. The molecule has 4 N–H and O–H groups in total. The van der Waals surface area contributed by atoms with Crippen LogP contribution in [0.5, 0.6) is 0 Å². The average Bonchev–Trinajstić information content (AvgIpc) is 0.858. The van der Waals surface area contributed by atoms with Crippen molar-refractivity contribution in [2.24, 2.45) is 59.2 Å². The molecule has 1 aliphatic rings. The minimum atomic E-state index is -1.65. The standard InChI is InChI=1S/C67H116N8O15/c1-24-25-26-43(13)60(82)59-56(80)34-49(46(16)76)65(87)70(18)35-57(81)71(19)51(29-39(6)7)55(79)33-48(27-37(2)3)64(86)72(20)52(30-40(8)9)54(78)32-44(14)61(83)68-45(15)63(85)73(21)53(31-42(12)36-90-47(17)77)62(84)69-50(28-38(4)5)66(88)74(22)58(41(10)11)67(89)75(59)23/h24-25,37-46,48-53,58-60,76,82H,26-36H2,1-23H3,(H,68,83)(H,69,84)/b25-24+/t42-,43+,44+,45+,46+,48+,49-,50-,51-,52-,53-,58-,59+,60+/m0/s1. The molecule has 1 fully saturated rings. The van der Waals surface area contributed by atoms with E-state index < -0.39 is 174 Å². The fourth-order valence-electron chi connectivity index (χ4n) is 11.8. The lowest BCUT2D eigenvalue weighted by Gasteiger charge is -2.40. The highest BCUT2D eigenvalue weighted by molar-refractivity contribution is 5.99. The van der Waals surface area contributed by atoms with Crippen LogP contribution in [-0.4, -0.2) is 220 Å². The molecule has 23 heteroatoms. The lowest BCUT2D eigenvalue weighted by molar-refractivity contribution is -0.154. The Labute approximate surface area is 537 Å². The first-order chi connectivity index (χ1) is 41.5. The molecule has 1 heterocycles. The molecule has 90 heavy (non-hydrogen) atoms. The van der Waals surface area contributed by atoms with Crippen LogP contribution in [0.25, 0.3) is 0 Å². The van der Waals surface area contributed by atoms with Gasteiger partial charge in [0, 0.05) is 80.3 Å². The summed E-state index contributed by atoms with van der Waals surface area (Å²) in [4.78, 5) is 180. The molecule has 23 nitrogen and oxygen atoms in total. The Morgan fingerprint density at radius 1 is 0.556 bits per heavy atom. The van der Waals surface area contributed by atoms with Gasteiger partial charge in [0.1, 0.15) is 30.2 Å². The summed E-state index contributed by atoms with van der Waals surface area (Å²) >= 11 is 0. The molecule has 0 spiro atoms. The first kappa shape index (κ1) is 81.9. The number of ether oxygens (including phenoxy) is 1. The van der Waals surface area contributed by atoms with Crippen molar-refractivity contribution in [2.45, 2.75) is 230 Å². The SMILES string of the molecule is C/C=C/C[C@@H](C)[C@@H](O)[C@H]1C(=O)C[C@@H]([C@@H](C)O)C(=O)N(C)CC(=O)N(C)[C@@H](CC(C)C)C(=O)C[C@@H](CC(C)C)C(=O)N(C)[C@@H](CC(C)C)C(=O)C[C@@H](C)C(=O)N[C@H](C)C(=O)N(C)[C@@H](C[C@H](C)COC(C)=O)C(=O)N[C@@H](CC(C)C)C(=O)N(C)[C@@H](C(C)C)C(=O)N1C. The summed E-state index contributed by atoms with van der Waals surface area (Å²) in [7, 11) is 8.29. The van der Waals surface area contributed by atoms with Crippen LogP contribution in [0, 0.1) is 59.2 Å². The number of rotatable bonds is 18. The molecular formula is C67H116N8O15. The summed E-state index contributed by atoms with van der Waals surface area (Å²) in [5, 5.41) is 29.0. The Morgan fingerprint density at radius 3 is 1.54 bits per heavy atom. The van der Waals surface area contributed by atoms with E-state index in [2.05, 4.69) is 10.6 Å². The number of ketones is 3. The maximum Gasteiger partial charge on any atom is 0.302 e. The van der Waals surface area contributed by atoms with Crippen LogP contribution in [0.2, 0.25) is 0 Å². The van der Waals surface area contributed by atoms with Crippen LogP contribution < -0.4 is 10.6 Å². The average molecular weight is 1270 g/mol. The van der Waals surface area contributed by atoms with E-state index in [0.717, 1.165) is 14.7 Å². The second-order valence-corrected chi connectivity index (χ2v) is 27.9. The molecule has 0 radical (unpaired) electrons. The van der Waals surface area contributed by atoms with Gasteiger partial charge in [-0.05, 0) is 101 Å². The maximum atomic E-state index is 15.2. The lowest BCUT2D eigenvalue weighted by Crippen LogP contribution is -2.61. The van der Waals surface area contributed by atoms with Gasteiger partial charge in [-0.25, -0.2) is 0 Å². The quantitative estimate of drug-likeness (QED) is 0.103. The number of allylic oxidation sites excluding steroid dienone is 2. The second-order valence-electron chi connectivity index (χ2n) is 27.9. The summed E-state index contributed by atoms with van der Waals surface area (Å²) < 4.78 is 5.27. The van der Waals surface area contributed by atoms with Crippen molar-refractivity contribution in [3.63, 3.8) is 0 Å². The van der Waals surface area contributed by atoms with E-state index in [1.165, 1.54) is 84.7 Å². The Hall–Kier alpha value is -6.10. The van der Waals surface area contributed by atoms with Gasteiger partial charge in [0.05, 0.1) is 43.4 Å². The fraction of sp³-hybridized carbons (Fsp3) is 0.791.